The lowest BCUT2D eigenvalue weighted by Gasteiger charge is -2.22. The normalized spacial score (nSPS) is 22.7. The number of nitrogens with zero attached hydrogens (tertiary/aromatic N) is 3. The highest BCUT2D eigenvalue weighted by atomic mass is 79.9. The highest BCUT2D eigenvalue weighted by Crippen LogP contribution is 2.33. The lowest BCUT2D eigenvalue weighted by molar-refractivity contribution is 0.120. The number of aromatic nitrogens is 3. The summed E-state index contributed by atoms with van der Waals surface area (Å²) in [5.74, 6) is 1.61. The summed E-state index contributed by atoms with van der Waals surface area (Å²) in [6.45, 7) is 1.72. The second-order valence-electron chi connectivity index (χ2n) is 6.65. The highest BCUT2D eigenvalue weighted by Gasteiger charge is 2.21. The summed E-state index contributed by atoms with van der Waals surface area (Å²) in [7, 11) is 0. The molecule has 0 aromatic carbocycles. The Kier molecular flexibility index (Phi) is 4.53. The maximum Gasteiger partial charge on any atom is 0.171 e. The Bertz CT molecular complexity index is 675. The van der Waals surface area contributed by atoms with E-state index in [-0.39, 0.29) is 0 Å². The summed E-state index contributed by atoms with van der Waals surface area (Å²) in [5, 5.41) is 7.99. The van der Waals surface area contributed by atoms with E-state index in [0.717, 1.165) is 35.5 Å². The first-order chi connectivity index (χ1) is 11.3. The summed E-state index contributed by atoms with van der Waals surface area (Å²) in [4.78, 5) is 4.88. The maximum atomic E-state index is 5.72. The van der Waals surface area contributed by atoms with Gasteiger partial charge in [0, 0.05) is 30.8 Å². The molecule has 6 heteroatoms. The van der Waals surface area contributed by atoms with Gasteiger partial charge in [-0.25, -0.2) is 4.98 Å². The predicted octanol–water partition coefficient (Wildman–Crippen LogP) is 4.13. The summed E-state index contributed by atoms with van der Waals surface area (Å²) in [6, 6.07) is 2.19. The molecular formula is C17H23BrN4O. The Morgan fingerprint density at radius 3 is 2.87 bits per heavy atom. The Morgan fingerprint density at radius 1 is 1.22 bits per heavy atom. The average molecular weight is 379 g/mol. The second kappa shape index (κ2) is 6.77. The molecule has 1 atom stereocenters. The van der Waals surface area contributed by atoms with E-state index >= 15 is 0 Å². The van der Waals surface area contributed by atoms with Gasteiger partial charge in [-0.15, -0.1) is 0 Å². The lowest BCUT2D eigenvalue weighted by Crippen LogP contribution is -2.20. The summed E-state index contributed by atoms with van der Waals surface area (Å²) < 4.78 is 8.57. The predicted molar refractivity (Wildman–Crippen MR) is 94.0 cm³/mol. The molecule has 0 amide bonds. The third-order valence-corrected chi connectivity index (χ3v) is 5.57. The van der Waals surface area contributed by atoms with Gasteiger partial charge in [0.2, 0.25) is 0 Å². The average Bonchev–Trinajstić information content (AvgIpc) is 3.24. The summed E-state index contributed by atoms with van der Waals surface area (Å²) >= 11 is 3.58. The fourth-order valence-electron chi connectivity index (χ4n) is 3.71. The van der Waals surface area contributed by atoms with Crippen molar-refractivity contribution in [2.75, 3.05) is 18.5 Å². The first-order valence-electron chi connectivity index (χ1n) is 8.71. The van der Waals surface area contributed by atoms with Crippen molar-refractivity contribution in [3.05, 3.63) is 22.4 Å². The standard InChI is InChI=1S/C17H23BrN4O/c18-14-11-20-22-16(19-10-13-7-4-8-23-13)9-15(21-17(14)22)12-5-2-1-3-6-12/h9,11-13,19H,1-8,10H2/t13-/m0/s1. The van der Waals surface area contributed by atoms with Gasteiger partial charge in [-0.05, 0) is 41.6 Å². The first-order valence-corrected chi connectivity index (χ1v) is 9.50. The number of hydrogen-bond acceptors (Lipinski definition) is 4. The van der Waals surface area contributed by atoms with Gasteiger partial charge in [-0.2, -0.15) is 9.61 Å². The molecule has 4 rings (SSSR count). The fraction of sp³-hybridized carbons (Fsp3) is 0.647. The molecule has 1 saturated heterocycles. The van der Waals surface area contributed by atoms with Crippen molar-refractivity contribution in [3.63, 3.8) is 0 Å². The van der Waals surface area contributed by atoms with E-state index in [2.05, 4.69) is 32.4 Å². The van der Waals surface area contributed by atoms with Crippen LogP contribution in [0.4, 0.5) is 5.82 Å². The number of hydrogen-bond donors (Lipinski definition) is 1. The molecule has 1 N–H and O–H groups in total. The second-order valence-corrected chi connectivity index (χ2v) is 7.50. The van der Waals surface area contributed by atoms with E-state index in [1.54, 1.807) is 0 Å². The zero-order chi connectivity index (χ0) is 15.6. The van der Waals surface area contributed by atoms with Crippen LogP contribution in [0, 0.1) is 0 Å². The molecule has 1 saturated carbocycles. The third-order valence-electron chi connectivity index (χ3n) is 5.01. The van der Waals surface area contributed by atoms with E-state index in [1.807, 2.05) is 10.7 Å². The molecule has 1 aliphatic heterocycles. The third kappa shape index (κ3) is 3.24. The van der Waals surface area contributed by atoms with Crippen molar-refractivity contribution >= 4 is 27.4 Å². The number of ether oxygens (including phenoxy) is 1. The Balaban J connectivity index is 1.63. The van der Waals surface area contributed by atoms with E-state index in [4.69, 9.17) is 9.72 Å². The van der Waals surface area contributed by atoms with Gasteiger partial charge >= 0.3 is 0 Å². The van der Waals surface area contributed by atoms with Crippen LogP contribution in [0.15, 0.2) is 16.7 Å². The van der Waals surface area contributed by atoms with Gasteiger partial charge in [0.15, 0.2) is 5.65 Å². The van der Waals surface area contributed by atoms with Crippen LogP contribution in [0.2, 0.25) is 0 Å². The minimum Gasteiger partial charge on any atom is -0.376 e. The number of fused-ring (bicyclic) bond motifs is 1. The lowest BCUT2D eigenvalue weighted by atomic mass is 9.87. The van der Waals surface area contributed by atoms with Gasteiger partial charge in [-0.3, -0.25) is 0 Å². The molecule has 2 aliphatic rings. The SMILES string of the molecule is Brc1cnn2c(NC[C@@H]3CCCO3)cc(C3CCCCC3)nc12. The molecule has 23 heavy (non-hydrogen) atoms. The van der Waals surface area contributed by atoms with E-state index in [0.29, 0.717) is 12.0 Å². The van der Waals surface area contributed by atoms with Crippen molar-refractivity contribution in [3.8, 4) is 0 Å². The van der Waals surface area contributed by atoms with Crippen molar-refractivity contribution in [1.29, 1.82) is 0 Å². The number of halogens is 1. The Labute approximate surface area is 144 Å². The fourth-order valence-corrected chi connectivity index (χ4v) is 4.06. The molecule has 0 radical (unpaired) electrons. The largest absolute Gasteiger partial charge is 0.376 e. The van der Waals surface area contributed by atoms with Crippen LogP contribution in [0.1, 0.15) is 56.6 Å². The van der Waals surface area contributed by atoms with E-state index < -0.39 is 0 Å². The van der Waals surface area contributed by atoms with Crippen LogP contribution in [0.5, 0.6) is 0 Å². The zero-order valence-electron chi connectivity index (χ0n) is 13.3. The van der Waals surface area contributed by atoms with Crippen LogP contribution < -0.4 is 5.32 Å². The van der Waals surface area contributed by atoms with Gasteiger partial charge in [0.05, 0.1) is 16.8 Å². The van der Waals surface area contributed by atoms with Crippen molar-refractivity contribution in [2.45, 2.75) is 57.0 Å². The molecule has 5 nitrogen and oxygen atoms in total. The van der Waals surface area contributed by atoms with E-state index in [1.165, 1.54) is 44.2 Å². The smallest absolute Gasteiger partial charge is 0.171 e. The summed E-state index contributed by atoms with van der Waals surface area (Å²) in [6.07, 6.45) is 10.9. The molecule has 3 heterocycles. The maximum absolute atomic E-state index is 5.72. The van der Waals surface area contributed by atoms with Gasteiger partial charge in [0.1, 0.15) is 5.82 Å². The van der Waals surface area contributed by atoms with Gasteiger partial charge in [-0.1, -0.05) is 19.3 Å². The molecule has 0 unspecified atom stereocenters. The number of anilines is 1. The highest BCUT2D eigenvalue weighted by molar-refractivity contribution is 9.10. The summed E-state index contributed by atoms with van der Waals surface area (Å²) in [5.41, 5.74) is 2.11. The molecule has 0 spiro atoms. The van der Waals surface area contributed by atoms with Crippen LogP contribution in [0.3, 0.4) is 0 Å². The van der Waals surface area contributed by atoms with Crippen molar-refractivity contribution in [1.82, 2.24) is 14.6 Å². The molecule has 2 aromatic heterocycles. The first kappa shape index (κ1) is 15.4. The van der Waals surface area contributed by atoms with Crippen LogP contribution in [-0.2, 0) is 4.74 Å². The van der Waals surface area contributed by atoms with Gasteiger partial charge in [0.25, 0.3) is 0 Å². The minimum atomic E-state index is 0.315. The molecule has 124 valence electrons. The zero-order valence-corrected chi connectivity index (χ0v) is 14.9. The molecule has 2 fully saturated rings. The van der Waals surface area contributed by atoms with Crippen LogP contribution >= 0.6 is 15.9 Å². The van der Waals surface area contributed by atoms with Crippen molar-refractivity contribution in [2.24, 2.45) is 0 Å². The van der Waals surface area contributed by atoms with Crippen LogP contribution in [0.25, 0.3) is 5.65 Å². The van der Waals surface area contributed by atoms with Gasteiger partial charge < -0.3 is 10.1 Å². The quantitative estimate of drug-likeness (QED) is 0.868. The van der Waals surface area contributed by atoms with Crippen LogP contribution in [-0.4, -0.2) is 33.9 Å². The Morgan fingerprint density at radius 2 is 2.09 bits per heavy atom. The monoisotopic (exact) mass is 378 g/mol. The van der Waals surface area contributed by atoms with Crippen molar-refractivity contribution < 1.29 is 4.74 Å². The number of nitrogens with one attached hydrogen (secondary N) is 1. The molecule has 1 aliphatic carbocycles. The molecule has 0 bridgehead atoms. The molecular weight excluding hydrogens is 356 g/mol. The molecule has 2 aromatic rings. The minimum absolute atomic E-state index is 0.315. The van der Waals surface area contributed by atoms with E-state index in [9.17, 15) is 0 Å². The number of rotatable bonds is 4. The topological polar surface area (TPSA) is 51.5 Å². The Hall–Kier alpha value is -1.14.